The maximum Gasteiger partial charge on any atom is 0.222 e. The number of nitrogens with zero attached hydrogens (tertiary/aromatic N) is 3. The van der Waals surface area contributed by atoms with Crippen LogP contribution in [-0.4, -0.2) is 52.9 Å². The fraction of sp³-hybridized carbons (Fsp3) is 0.667. The lowest BCUT2D eigenvalue weighted by atomic mass is 9.89. The molecule has 2 fully saturated rings. The summed E-state index contributed by atoms with van der Waals surface area (Å²) >= 11 is 0. The summed E-state index contributed by atoms with van der Waals surface area (Å²) in [7, 11) is 0. The molecular formula is C18H27N3O. The maximum atomic E-state index is 12.4. The second-order valence-electron chi connectivity index (χ2n) is 7.06. The van der Waals surface area contributed by atoms with Crippen molar-refractivity contribution in [3.8, 4) is 0 Å². The summed E-state index contributed by atoms with van der Waals surface area (Å²) in [5, 5.41) is 0. The van der Waals surface area contributed by atoms with Crippen LogP contribution in [0.1, 0.15) is 44.6 Å². The van der Waals surface area contributed by atoms with E-state index in [1.165, 1.54) is 18.4 Å². The van der Waals surface area contributed by atoms with Crippen LogP contribution in [0.2, 0.25) is 0 Å². The van der Waals surface area contributed by atoms with Crippen molar-refractivity contribution in [2.75, 3.05) is 26.2 Å². The SMILES string of the molecule is CC(C)N1CCC(CC(=O)N2CC(c3cccnc3)C2)CC1. The first-order valence-electron chi connectivity index (χ1n) is 8.55. The van der Waals surface area contributed by atoms with Gasteiger partial charge in [-0.2, -0.15) is 0 Å². The molecule has 0 atom stereocenters. The highest BCUT2D eigenvalue weighted by atomic mass is 16.2. The molecule has 0 spiro atoms. The number of rotatable bonds is 4. The number of pyridine rings is 1. The first kappa shape index (κ1) is 15.5. The van der Waals surface area contributed by atoms with E-state index >= 15 is 0 Å². The molecular weight excluding hydrogens is 274 g/mol. The Hall–Kier alpha value is -1.42. The molecule has 0 unspecified atom stereocenters. The minimum absolute atomic E-state index is 0.350. The quantitative estimate of drug-likeness (QED) is 0.857. The summed E-state index contributed by atoms with van der Waals surface area (Å²) in [6.45, 7) is 8.54. The standard InChI is InChI=1S/C18H27N3O/c1-14(2)20-8-5-15(6-9-20)10-18(22)21-12-17(13-21)16-4-3-7-19-11-16/h3-4,7,11,14-15,17H,5-6,8-10,12-13H2,1-2H3. The normalized spacial score (nSPS) is 21.1. The molecule has 0 bridgehead atoms. The largest absolute Gasteiger partial charge is 0.341 e. The van der Waals surface area contributed by atoms with E-state index in [1.807, 2.05) is 17.2 Å². The van der Waals surface area contributed by atoms with Crippen LogP contribution in [0, 0.1) is 5.92 Å². The summed E-state index contributed by atoms with van der Waals surface area (Å²) < 4.78 is 0. The van der Waals surface area contributed by atoms with Crippen LogP contribution in [0.4, 0.5) is 0 Å². The molecule has 4 heteroatoms. The van der Waals surface area contributed by atoms with Gasteiger partial charge in [0.15, 0.2) is 0 Å². The molecule has 0 N–H and O–H groups in total. The number of likely N-dealkylation sites (tertiary alicyclic amines) is 2. The number of carbonyl (C=O) groups is 1. The van der Waals surface area contributed by atoms with Crippen molar-refractivity contribution in [3.05, 3.63) is 30.1 Å². The van der Waals surface area contributed by atoms with Crippen molar-refractivity contribution in [3.63, 3.8) is 0 Å². The van der Waals surface area contributed by atoms with Gasteiger partial charge in [0.05, 0.1) is 0 Å². The Balaban J connectivity index is 1.41. The Morgan fingerprint density at radius 3 is 2.64 bits per heavy atom. The lowest BCUT2D eigenvalue weighted by Crippen LogP contribution is -2.49. The molecule has 2 aliphatic rings. The van der Waals surface area contributed by atoms with Gasteiger partial charge in [-0.1, -0.05) is 6.07 Å². The zero-order valence-corrected chi connectivity index (χ0v) is 13.7. The highest BCUT2D eigenvalue weighted by molar-refractivity contribution is 5.77. The second-order valence-corrected chi connectivity index (χ2v) is 7.06. The van der Waals surface area contributed by atoms with Gasteiger partial charge in [0.25, 0.3) is 0 Å². The zero-order valence-electron chi connectivity index (χ0n) is 13.7. The first-order chi connectivity index (χ1) is 10.6. The van der Waals surface area contributed by atoms with Crippen LogP contribution in [0.25, 0.3) is 0 Å². The predicted molar refractivity (Wildman–Crippen MR) is 87.6 cm³/mol. The van der Waals surface area contributed by atoms with E-state index in [4.69, 9.17) is 0 Å². The number of aromatic nitrogens is 1. The third-order valence-corrected chi connectivity index (χ3v) is 5.23. The molecule has 1 aromatic rings. The van der Waals surface area contributed by atoms with Gasteiger partial charge in [-0.3, -0.25) is 9.78 Å². The fourth-order valence-electron chi connectivity index (χ4n) is 3.56. The van der Waals surface area contributed by atoms with Gasteiger partial charge in [-0.15, -0.1) is 0 Å². The summed E-state index contributed by atoms with van der Waals surface area (Å²) in [5.41, 5.74) is 1.26. The van der Waals surface area contributed by atoms with Crippen LogP contribution in [0.15, 0.2) is 24.5 Å². The van der Waals surface area contributed by atoms with E-state index in [2.05, 4.69) is 29.8 Å². The molecule has 0 aliphatic carbocycles. The number of hydrogen-bond donors (Lipinski definition) is 0. The van der Waals surface area contributed by atoms with Gasteiger partial charge in [0.1, 0.15) is 0 Å². The molecule has 1 amide bonds. The van der Waals surface area contributed by atoms with Crippen molar-refractivity contribution < 1.29 is 4.79 Å². The smallest absolute Gasteiger partial charge is 0.222 e. The maximum absolute atomic E-state index is 12.4. The minimum atomic E-state index is 0.350. The van der Waals surface area contributed by atoms with Gasteiger partial charge in [0, 0.05) is 43.9 Å². The van der Waals surface area contributed by atoms with Crippen molar-refractivity contribution in [2.45, 2.75) is 45.1 Å². The number of hydrogen-bond acceptors (Lipinski definition) is 3. The molecule has 120 valence electrons. The van der Waals surface area contributed by atoms with Crippen LogP contribution in [0.3, 0.4) is 0 Å². The Bertz CT molecular complexity index is 488. The van der Waals surface area contributed by atoms with Gasteiger partial charge in [0.2, 0.25) is 5.91 Å². The topological polar surface area (TPSA) is 36.4 Å². The van der Waals surface area contributed by atoms with E-state index in [1.54, 1.807) is 6.20 Å². The summed E-state index contributed by atoms with van der Waals surface area (Å²) in [6, 6.07) is 4.72. The fourth-order valence-corrected chi connectivity index (χ4v) is 3.56. The Labute approximate surface area is 133 Å². The molecule has 0 aromatic carbocycles. The average Bonchev–Trinajstić information content (AvgIpc) is 2.47. The van der Waals surface area contributed by atoms with Crippen LogP contribution < -0.4 is 0 Å². The molecule has 22 heavy (non-hydrogen) atoms. The van der Waals surface area contributed by atoms with Crippen molar-refractivity contribution >= 4 is 5.91 Å². The second kappa shape index (κ2) is 6.78. The lowest BCUT2D eigenvalue weighted by Gasteiger charge is -2.41. The molecule has 2 aliphatic heterocycles. The Morgan fingerprint density at radius 2 is 2.05 bits per heavy atom. The average molecular weight is 301 g/mol. The van der Waals surface area contributed by atoms with Gasteiger partial charge >= 0.3 is 0 Å². The molecule has 0 saturated carbocycles. The van der Waals surface area contributed by atoms with Gasteiger partial charge in [-0.25, -0.2) is 0 Å². The van der Waals surface area contributed by atoms with E-state index in [-0.39, 0.29) is 0 Å². The van der Waals surface area contributed by atoms with Crippen LogP contribution in [0.5, 0.6) is 0 Å². The summed E-state index contributed by atoms with van der Waals surface area (Å²) in [6.07, 6.45) is 6.81. The molecule has 2 saturated heterocycles. The van der Waals surface area contributed by atoms with Crippen LogP contribution >= 0.6 is 0 Å². The van der Waals surface area contributed by atoms with Gasteiger partial charge < -0.3 is 9.80 Å². The molecule has 0 radical (unpaired) electrons. The lowest BCUT2D eigenvalue weighted by molar-refractivity contribution is -0.137. The zero-order chi connectivity index (χ0) is 15.5. The number of amides is 1. The number of piperidine rings is 1. The first-order valence-corrected chi connectivity index (χ1v) is 8.55. The van der Waals surface area contributed by atoms with E-state index in [0.29, 0.717) is 23.8 Å². The third kappa shape index (κ3) is 3.49. The predicted octanol–water partition coefficient (Wildman–Crippen LogP) is 2.52. The van der Waals surface area contributed by atoms with Gasteiger partial charge in [-0.05, 0) is 57.3 Å². The van der Waals surface area contributed by atoms with E-state index < -0.39 is 0 Å². The van der Waals surface area contributed by atoms with Crippen molar-refractivity contribution in [2.24, 2.45) is 5.92 Å². The van der Waals surface area contributed by atoms with E-state index in [9.17, 15) is 4.79 Å². The number of carbonyl (C=O) groups excluding carboxylic acids is 1. The molecule has 3 heterocycles. The minimum Gasteiger partial charge on any atom is -0.341 e. The molecule has 4 nitrogen and oxygen atoms in total. The summed E-state index contributed by atoms with van der Waals surface area (Å²) in [5.74, 6) is 1.42. The van der Waals surface area contributed by atoms with E-state index in [0.717, 1.165) is 32.6 Å². The Kier molecular flexibility index (Phi) is 4.77. The monoisotopic (exact) mass is 301 g/mol. The third-order valence-electron chi connectivity index (χ3n) is 5.23. The Morgan fingerprint density at radius 1 is 1.32 bits per heavy atom. The summed E-state index contributed by atoms with van der Waals surface area (Å²) in [4.78, 5) is 21.1. The highest BCUT2D eigenvalue weighted by Gasteiger charge is 2.33. The van der Waals surface area contributed by atoms with Crippen molar-refractivity contribution in [1.82, 2.24) is 14.8 Å². The molecule has 3 rings (SSSR count). The van der Waals surface area contributed by atoms with Crippen LogP contribution in [-0.2, 0) is 4.79 Å². The molecule has 1 aromatic heterocycles. The highest BCUT2D eigenvalue weighted by Crippen LogP contribution is 2.29. The van der Waals surface area contributed by atoms with Crippen molar-refractivity contribution in [1.29, 1.82) is 0 Å².